The Bertz CT molecular complexity index is 826. The molecule has 1 N–H and O–H groups in total. The van der Waals surface area contributed by atoms with Gasteiger partial charge >= 0.3 is 0 Å². The third-order valence-corrected chi connectivity index (χ3v) is 3.83. The summed E-state index contributed by atoms with van der Waals surface area (Å²) in [5.74, 6) is -0.650. The molecule has 5 heteroatoms. The summed E-state index contributed by atoms with van der Waals surface area (Å²) in [5.41, 5.74) is 3.00. The molecule has 24 heavy (non-hydrogen) atoms. The zero-order valence-electron chi connectivity index (χ0n) is 13.4. The number of benzene rings is 2. The van der Waals surface area contributed by atoms with Gasteiger partial charge in [-0.2, -0.15) is 0 Å². The lowest BCUT2D eigenvalue weighted by atomic mass is 10.1. The molecule has 0 spiro atoms. The highest BCUT2D eigenvalue weighted by molar-refractivity contribution is 5.94. The van der Waals surface area contributed by atoms with Crippen LogP contribution in [0.1, 0.15) is 27.0 Å². The molecule has 0 atom stereocenters. The molecule has 1 aromatic heterocycles. The van der Waals surface area contributed by atoms with Crippen molar-refractivity contribution in [3.63, 3.8) is 0 Å². The first-order valence-corrected chi connectivity index (χ1v) is 7.70. The van der Waals surface area contributed by atoms with Gasteiger partial charge in [-0.05, 0) is 35.7 Å². The summed E-state index contributed by atoms with van der Waals surface area (Å²) < 4.78 is 15.5. The zero-order valence-corrected chi connectivity index (χ0v) is 13.4. The van der Waals surface area contributed by atoms with E-state index < -0.39 is 0 Å². The summed E-state index contributed by atoms with van der Waals surface area (Å²) in [6, 6.07) is 12.5. The van der Waals surface area contributed by atoms with Gasteiger partial charge in [-0.1, -0.05) is 30.3 Å². The SMILES string of the molecule is Cc1ccc(C(=O)NCc2ccc(Cn3ccnc3)cc2)cc1F. The summed E-state index contributed by atoms with van der Waals surface area (Å²) in [7, 11) is 0. The van der Waals surface area contributed by atoms with E-state index in [4.69, 9.17) is 0 Å². The van der Waals surface area contributed by atoms with E-state index in [2.05, 4.69) is 10.3 Å². The molecule has 1 amide bonds. The lowest BCUT2D eigenvalue weighted by Gasteiger charge is -2.08. The van der Waals surface area contributed by atoms with Crippen molar-refractivity contribution in [1.29, 1.82) is 0 Å². The second kappa shape index (κ2) is 7.08. The molecule has 0 aliphatic rings. The third kappa shape index (κ3) is 3.87. The largest absolute Gasteiger partial charge is 0.348 e. The summed E-state index contributed by atoms with van der Waals surface area (Å²) >= 11 is 0. The number of carbonyl (C=O) groups excluding carboxylic acids is 1. The van der Waals surface area contributed by atoms with E-state index >= 15 is 0 Å². The fourth-order valence-electron chi connectivity index (χ4n) is 2.37. The molecule has 3 aromatic rings. The van der Waals surface area contributed by atoms with E-state index in [0.29, 0.717) is 17.7 Å². The number of imidazole rings is 1. The van der Waals surface area contributed by atoms with Gasteiger partial charge in [0.15, 0.2) is 0 Å². The Hall–Kier alpha value is -2.95. The van der Waals surface area contributed by atoms with Gasteiger partial charge in [0.1, 0.15) is 5.82 Å². The Balaban J connectivity index is 1.58. The molecule has 122 valence electrons. The molecular weight excluding hydrogens is 305 g/mol. The lowest BCUT2D eigenvalue weighted by molar-refractivity contribution is 0.0950. The van der Waals surface area contributed by atoms with E-state index in [9.17, 15) is 9.18 Å². The van der Waals surface area contributed by atoms with Gasteiger partial charge in [0.05, 0.1) is 6.33 Å². The van der Waals surface area contributed by atoms with Crippen LogP contribution in [0, 0.1) is 12.7 Å². The maximum Gasteiger partial charge on any atom is 0.251 e. The normalized spacial score (nSPS) is 10.6. The van der Waals surface area contributed by atoms with E-state index in [1.54, 1.807) is 31.6 Å². The first-order valence-electron chi connectivity index (χ1n) is 7.70. The lowest BCUT2D eigenvalue weighted by Crippen LogP contribution is -2.22. The average Bonchev–Trinajstić information content (AvgIpc) is 3.09. The minimum absolute atomic E-state index is 0.281. The van der Waals surface area contributed by atoms with Gasteiger partial charge in [0.25, 0.3) is 5.91 Å². The van der Waals surface area contributed by atoms with Crippen LogP contribution in [0.5, 0.6) is 0 Å². The van der Waals surface area contributed by atoms with E-state index in [1.807, 2.05) is 35.0 Å². The van der Waals surface area contributed by atoms with Gasteiger partial charge in [-0.15, -0.1) is 0 Å². The van der Waals surface area contributed by atoms with E-state index in [0.717, 1.165) is 17.7 Å². The van der Waals surface area contributed by atoms with Crippen molar-refractivity contribution < 1.29 is 9.18 Å². The first kappa shape index (κ1) is 15.9. The molecule has 0 fully saturated rings. The van der Waals surface area contributed by atoms with Gasteiger partial charge in [0, 0.05) is 31.0 Å². The van der Waals surface area contributed by atoms with Gasteiger partial charge < -0.3 is 9.88 Å². The molecule has 0 radical (unpaired) electrons. The van der Waals surface area contributed by atoms with Crippen LogP contribution in [0.3, 0.4) is 0 Å². The molecule has 2 aromatic carbocycles. The summed E-state index contributed by atoms with van der Waals surface area (Å²) in [6.45, 7) is 2.83. The molecule has 0 saturated carbocycles. The second-order valence-electron chi connectivity index (χ2n) is 5.70. The number of halogens is 1. The number of aromatic nitrogens is 2. The van der Waals surface area contributed by atoms with Gasteiger partial charge in [-0.25, -0.2) is 9.37 Å². The van der Waals surface area contributed by atoms with Crippen molar-refractivity contribution >= 4 is 5.91 Å². The molecule has 0 aliphatic carbocycles. The first-order chi connectivity index (χ1) is 11.6. The molecule has 0 aliphatic heterocycles. The van der Waals surface area contributed by atoms with Crippen molar-refractivity contribution in [3.05, 3.63) is 89.3 Å². The number of carbonyl (C=O) groups is 1. The van der Waals surface area contributed by atoms with Crippen LogP contribution in [0.25, 0.3) is 0 Å². The zero-order chi connectivity index (χ0) is 16.9. The number of aryl methyl sites for hydroxylation is 1. The van der Waals surface area contributed by atoms with Crippen molar-refractivity contribution in [3.8, 4) is 0 Å². The highest BCUT2D eigenvalue weighted by atomic mass is 19.1. The van der Waals surface area contributed by atoms with Crippen molar-refractivity contribution in [2.45, 2.75) is 20.0 Å². The Morgan fingerprint density at radius 3 is 2.58 bits per heavy atom. The number of amides is 1. The summed E-state index contributed by atoms with van der Waals surface area (Å²) in [5, 5.41) is 2.81. The topological polar surface area (TPSA) is 46.9 Å². The van der Waals surface area contributed by atoms with Crippen molar-refractivity contribution in [1.82, 2.24) is 14.9 Å². The fraction of sp³-hybridized carbons (Fsp3) is 0.158. The monoisotopic (exact) mass is 323 g/mol. The van der Waals surface area contributed by atoms with Gasteiger partial charge in [0.2, 0.25) is 0 Å². The minimum Gasteiger partial charge on any atom is -0.348 e. The molecule has 4 nitrogen and oxygen atoms in total. The molecule has 0 bridgehead atoms. The summed E-state index contributed by atoms with van der Waals surface area (Å²) in [4.78, 5) is 16.1. The van der Waals surface area contributed by atoms with E-state index in [1.165, 1.54) is 6.07 Å². The Labute approximate surface area is 140 Å². The highest BCUT2D eigenvalue weighted by Gasteiger charge is 2.08. The third-order valence-electron chi connectivity index (χ3n) is 3.83. The Kier molecular flexibility index (Phi) is 4.70. The number of hydrogen-bond donors (Lipinski definition) is 1. The van der Waals surface area contributed by atoms with Crippen LogP contribution in [0.2, 0.25) is 0 Å². The Morgan fingerprint density at radius 2 is 1.92 bits per heavy atom. The fourth-order valence-corrected chi connectivity index (χ4v) is 2.37. The molecule has 0 unspecified atom stereocenters. The van der Waals surface area contributed by atoms with Crippen LogP contribution in [-0.4, -0.2) is 15.5 Å². The predicted molar refractivity (Wildman–Crippen MR) is 90.1 cm³/mol. The number of rotatable bonds is 5. The Morgan fingerprint density at radius 1 is 1.17 bits per heavy atom. The van der Waals surface area contributed by atoms with Crippen LogP contribution in [-0.2, 0) is 13.1 Å². The molecule has 1 heterocycles. The smallest absolute Gasteiger partial charge is 0.251 e. The predicted octanol–water partition coefficient (Wildman–Crippen LogP) is 3.31. The van der Waals surface area contributed by atoms with Crippen molar-refractivity contribution in [2.75, 3.05) is 0 Å². The second-order valence-corrected chi connectivity index (χ2v) is 5.70. The van der Waals surface area contributed by atoms with E-state index in [-0.39, 0.29) is 11.7 Å². The van der Waals surface area contributed by atoms with Crippen LogP contribution < -0.4 is 5.32 Å². The van der Waals surface area contributed by atoms with Crippen molar-refractivity contribution in [2.24, 2.45) is 0 Å². The maximum absolute atomic E-state index is 13.5. The highest BCUT2D eigenvalue weighted by Crippen LogP contribution is 2.10. The maximum atomic E-state index is 13.5. The quantitative estimate of drug-likeness (QED) is 0.783. The standard InChI is InChI=1S/C19H18FN3O/c1-14-2-7-17(10-18(14)20)19(24)22-11-15-3-5-16(6-4-15)12-23-9-8-21-13-23/h2-10,13H,11-12H2,1H3,(H,22,24). The van der Waals surface area contributed by atoms with Gasteiger partial charge in [-0.3, -0.25) is 4.79 Å². The van der Waals surface area contributed by atoms with Crippen LogP contribution in [0.15, 0.2) is 61.2 Å². The number of nitrogens with zero attached hydrogens (tertiary/aromatic N) is 2. The summed E-state index contributed by atoms with van der Waals surface area (Å²) in [6.07, 6.45) is 5.43. The van der Waals surface area contributed by atoms with Crippen LogP contribution in [0.4, 0.5) is 4.39 Å². The molecule has 0 saturated heterocycles. The molecular formula is C19H18FN3O. The average molecular weight is 323 g/mol. The minimum atomic E-state index is -0.369. The van der Waals surface area contributed by atoms with Crippen LogP contribution >= 0.6 is 0 Å². The number of nitrogens with one attached hydrogen (secondary N) is 1. The number of hydrogen-bond acceptors (Lipinski definition) is 2. The molecule has 3 rings (SSSR count).